The standard InChI is InChI=1S/C23H24IN3O3S/c24-19-5-2-16(3-6-19)22(28)17-8-11-27(12-9-17)10-1-13-30-23(29)26-20-7-4-18-15-25-31-21(18)14-20/h2-7,14-15,17H,1,8-13H2,(H,26,29). The molecule has 1 fully saturated rings. The number of hydrogen-bond donors (Lipinski definition) is 1. The molecule has 6 nitrogen and oxygen atoms in total. The minimum Gasteiger partial charge on any atom is -0.449 e. The summed E-state index contributed by atoms with van der Waals surface area (Å²) in [6.45, 7) is 3.05. The summed E-state index contributed by atoms with van der Waals surface area (Å²) in [4.78, 5) is 27.0. The Kier molecular flexibility index (Phi) is 7.52. The summed E-state index contributed by atoms with van der Waals surface area (Å²) in [5, 5.41) is 3.83. The number of aromatic nitrogens is 1. The van der Waals surface area contributed by atoms with Crippen LogP contribution >= 0.6 is 34.1 Å². The fourth-order valence-corrected chi connectivity index (χ4v) is 4.86. The summed E-state index contributed by atoms with van der Waals surface area (Å²) in [5.41, 5.74) is 1.52. The summed E-state index contributed by atoms with van der Waals surface area (Å²) < 4.78 is 11.6. The number of nitrogens with one attached hydrogen (secondary N) is 1. The smallest absolute Gasteiger partial charge is 0.411 e. The minimum absolute atomic E-state index is 0.106. The SMILES string of the molecule is O=C(Nc1ccc2cnsc2c1)OCCCN1CCC(C(=O)c2ccc(I)cc2)CC1. The first-order valence-electron chi connectivity index (χ1n) is 10.4. The monoisotopic (exact) mass is 549 g/mol. The maximum Gasteiger partial charge on any atom is 0.411 e. The van der Waals surface area contributed by atoms with E-state index in [2.05, 4.69) is 37.2 Å². The van der Waals surface area contributed by atoms with Gasteiger partial charge in [-0.1, -0.05) is 12.1 Å². The molecule has 2 heterocycles. The molecule has 2 aromatic carbocycles. The molecule has 0 radical (unpaired) electrons. The van der Waals surface area contributed by atoms with Gasteiger partial charge in [-0.05, 0) is 96.8 Å². The molecule has 0 unspecified atom stereocenters. The number of carbonyl (C=O) groups is 2. The van der Waals surface area contributed by atoms with E-state index in [1.54, 1.807) is 0 Å². The van der Waals surface area contributed by atoms with Gasteiger partial charge in [0.2, 0.25) is 0 Å². The van der Waals surface area contributed by atoms with Crippen LogP contribution in [0.25, 0.3) is 10.1 Å². The number of fused-ring (bicyclic) bond motifs is 1. The summed E-state index contributed by atoms with van der Waals surface area (Å²) in [6, 6.07) is 13.5. The van der Waals surface area contributed by atoms with Crippen molar-refractivity contribution in [1.29, 1.82) is 0 Å². The van der Waals surface area contributed by atoms with E-state index in [-0.39, 0.29) is 11.7 Å². The third-order valence-corrected chi connectivity index (χ3v) is 7.02. The van der Waals surface area contributed by atoms with Crippen LogP contribution in [-0.4, -0.2) is 47.4 Å². The number of Topliss-reactive ketones (excluding diaryl/α,β-unsaturated/α-hetero) is 1. The first kappa shape index (κ1) is 22.2. The number of halogens is 1. The van der Waals surface area contributed by atoms with Crippen molar-refractivity contribution in [2.45, 2.75) is 19.3 Å². The summed E-state index contributed by atoms with van der Waals surface area (Å²) in [5.74, 6) is 0.363. The number of carbonyl (C=O) groups excluding carboxylic acids is 2. The van der Waals surface area contributed by atoms with Crippen molar-refractivity contribution in [3.63, 3.8) is 0 Å². The van der Waals surface area contributed by atoms with E-state index < -0.39 is 6.09 Å². The lowest BCUT2D eigenvalue weighted by molar-refractivity contribution is 0.0830. The van der Waals surface area contributed by atoms with Crippen LogP contribution < -0.4 is 5.32 Å². The van der Waals surface area contributed by atoms with Crippen LogP contribution in [0.15, 0.2) is 48.7 Å². The van der Waals surface area contributed by atoms with Crippen LogP contribution in [0.5, 0.6) is 0 Å². The fourth-order valence-electron chi connectivity index (χ4n) is 3.81. The Bertz CT molecular complexity index is 1050. The predicted molar refractivity (Wildman–Crippen MR) is 132 cm³/mol. The van der Waals surface area contributed by atoms with E-state index in [4.69, 9.17) is 4.74 Å². The second kappa shape index (κ2) is 10.5. The van der Waals surface area contributed by atoms with E-state index in [9.17, 15) is 9.59 Å². The molecule has 1 aromatic heterocycles. The molecular weight excluding hydrogens is 525 g/mol. The molecule has 0 saturated carbocycles. The lowest BCUT2D eigenvalue weighted by atomic mass is 9.89. The molecule has 1 aliphatic rings. The predicted octanol–water partition coefficient (Wildman–Crippen LogP) is 5.43. The van der Waals surface area contributed by atoms with Crippen LogP contribution in [0.4, 0.5) is 10.5 Å². The highest BCUT2D eigenvalue weighted by atomic mass is 127. The Labute approximate surface area is 199 Å². The number of benzene rings is 2. The molecule has 1 saturated heterocycles. The Hall–Kier alpha value is -2.04. The Balaban J connectivity index is 1.13. The van der Waals surface area contributed by atoms with Crippen LogP contribution in [0.3, 0.4) is 0 Å². The van der Waals surface area contributed by atoms with E-state index in [0.717, 1.165) is 58.1 Å². The van der Waals surface area contributed by atoms with E-state index in [1.165, 1.54) is 11.5 Å². The van der Waals surface area contributed by atoms with Crippen molar-refractivity contribution in [3.05, 3.63) is 57.8 Å². The Morgan fingerprint density at radius 2 is 1.94 bits per heavy atom. The van der Waals surface area contributed by atoms with Gasteiger partial charge in [0, 0.05) is 38.9 Å². The zero-order valence-electron chi connectivity index (χ0n) is 17.1. The second-order valence-corrected chi connectivity index (χ2v) is 9.76. The second-order valence-electron chi connectivity index (χ2n) is 7.68. The van der Waals surface area contributed by atoms with Gasteiger partial charge in [0.1, 0.15) is 0 Å². The van der Waals surface area contributed by atoms with Gasteiger partial charge in [-0.15, -0.1) is 0 Å². The molecule has 0 spiro atoms. The highest BCUT2D eigenvalue weighted by Gasteiger charge is 2.25. The maximum atomic E-state index is 12.7. The van der Waals surface area contributed by atoms with Crippen molar-refractivity contribution >= 4 is 61.8 Å². The number of nitrogens with zero attached hydrogens (tertiary/aromatic N) is 2. The molecule has 1 N–H and O–H groups in total. The van der Waals surface area contributed by atoms with Crippen LogP contribution in [0.1, 0.15) is 29.6 Å². The van der Waals surface area contributed by atoms with Gasteiger partial charge in [0.25, 0.3) is 0 Å². The number of rotatable bonds is 7. The molecule has 31 heavy (non-hydrogen) atoms. The molecule has 162 valence electrons. The summed E-state index contributed by atoms with van der Waals surface area (Å²) in [7, 11) is 0. The van der Waals surface area contributed by atoms with E-state index in [1.807, 2.05) is 48.7 Å². The van der Waals surface area contributed by atoms with Crippen molar-refractivity contribution < 1.29 is 14.3 Å². The number of ketones is 1. The number of ether oxygens (including phenoxy) is 1. The molecule has 0 aliphatic carbocycles. The number of hydrogen-bond acceptors (Lipinski definition) is 6. The summed E-state index contributed by atoms with van der Waals surface area (Å²) in [6.07, 6.45) is 3.91. The first-order valence-corrected chi connectivity index (χ1v) is 12.2. The van der Waals surface area contributed by atoms with Gasteiger partial charge in [0.15, 0.2) is 5.78 Å². The molecule has 8 heteroatoms. The fraction of sp³-hybridized carbons (Fsp3) is 0.348. The number of anilines is 1. The topological polar surface area (TPSA) is 71.5 Å². The largest absolute Gasteiger partial charge is 0.449 e. The van der Waals surface area contributed by atoms with Gasteiger partial charge in [0.05, 0.1) is 11.3 Å². The normalized spacial score (nSPS) is 15.1. The van der Waals surface area contributed by atoms with E-state index >= 15 is 0 Å². The Morgan fingerprint density at radius 3 is 2.71 bits per heavy atom. The molecule has 0 atom stereocenters. The quantitative estimate of drug-likeness (QED) is 0.242. The van der Waals surface area contributed by atoms with Gasteiger partial charge < -0.3 is 9.64 Å². The van der Waals surface area contributed by atoms with E-state index in [0.29, 0.717) is 12.3 Å². The number of piperidine rings is 1. The lowest BCUT2D eigenvalue weighted by Gasteiger charge is -2.31. The summed E-state index contributed by atoms with van der Waals surface area (Å²) >= 11 is 3.65. The first-order chi connectivity index (χ1) is 15.1. The molecular formula is C23H24IN3O3S. The zero-order valence-corrected chi connectivity index (χ0v) is 20.0. The van der Waals surface area contributed by atoms with Gasteiger partial charge in [-0.25, -0.2) is 4.79 Å². The van der Waals surface area contributed by atoms with Crippen molar-refractivity contribution in [1.82, 2.24) is 9.27 Å². The van der Waals surface area contributed by atoms with Crippen molar-refractivity contribution in [2.75, 3.05) is 31.6 Å². The Morgan fingerprint density at radius 1 is 1.16 bits per heavy atom. The van der Waals surface area contributed by atoms with Crippen LogP contribution in [0.2, 0.25) is 0 Å². The zero-order chi connectivity index (χ0) is 21.6. The van der Waals surface area contributed by atoms with Gasteiger partial charge >= 0.3 is 6.09 Å². The average molecular weight is 549 g/mol. The molecule has 3 aromatic rings. The van der Waals surface area contributed by atoms with Crippen LogP contribution in [-0.2, 0) is 4.74 Å². The third kappa shape index (κ3) is 6.02. The number of amides is 1. The molecule has 1 amide bonds. The average Bonchev–Trinajstić information content (AvgIpc) is 3.25. The van der Waals surface area contributed by atoms with Crippen molar-refractivity contribution in [2.24, 2.45) is 5.92 Å². The van der Waals surface area contributed by atoms with Gasteiger partial charge in [-0.2, -0.15) is 4.37 Å². The minimum atomic E-state index is -0.439. The number of likely N-dealkylation sites (tertiary alicyclic amines) is 1. The lowest BCUT2D eigenvalue weighted by Crippen LogP contribution is -2.37. The van der Waals surface area contributed by atoms with Crippen LogP contribution in [0, 0.1) is 9.49 Å². The highest BCUT2D eigenvalue weighted by Crippen LogP contribution is 2.23. The van der Waals surface area contributed by atoms with Gasteiger partial charge in [-0.3, -0.25) is 10.1 Å². The molecule has 4 rings (SSSR count). The molecule has 0 bridgehead atoms. The maximum absolute atomic E-state index is 12.7. The highest BCUT2D eigenvalue weighted by molar-refractivity contribution is 14.1. The molecule has 1 aliphatic heterocycles. The third-order valence-electron chi connectivity index (χ3n) is 5.54. The van der Waals surface area contributed by atoms with Crippen molar-refractivity contribution in [3.8, 4) is 0 Å².